The van der Waals surface area contributed by atoms with Gasteiger partial charge in [-0.25, -0.2) is 29.9 Å². The van der Waals surface area contributed by atoms with Gasteiger partial charge in [0.25, 0.3) is 0 Å². The van der Waals surface area contributed by atoms with E-state index in [0.29, 0.717) is 17.8 Å². The number of benzene rings is 8. The Morgan fingerprint density at radius 3 is 0.880 bits per heavy atom. The zero-order valence-corrected chi connectivity index (χ0v) is 72.5. The zero-order chi connectivity index (χ0) is 82.8. The fourth-order valence-electron chi connectivity index (χ4n) is 17.5. The molecule has 117 heavy (non-hydrogen) atoms. The summed E-state index contributed by atoms with van der Waals surface area (Å²) in [5, 5.41) is 9.97. The number of rotatable bonds is 12. The van der Waals surface area contributed by atoms with Crippen LogP contribution in [0.3, 0.4) is 0 Å². The van der Waals surface area contributed by atoms with Gasteiger partial charge in [0.05, 0.1) is 66.1 Å². The monoisotopic (exact) mass is 1540 g/mol. The van der Waals surface area contributed by atoms with Crippen molar-refractivity contribution < 1.29 is 18.3 Å². The van der Waals surface area contributed by atoms with Crippen LogP contribution in [0.15, 0.2) is 226 Å². The third kappa shape index (κ3) is 17.1. The first kappa shape index (κ1) is 81.4. The van der Waals surface area contributed by atoms with Gasteiger partial charge in [-0.15, -0.1) is 0 Å². The second-order valence-electron chi connectivity index (χ2n) is 33.7. The molecule has 0 amide bonds. The van der Waals surface area contributed by atoms with Gasteiger partial charge in [-0.3, -0.25) is 4.98 Å². The highest BCUT2D eigenvalue weighted by molar-refractivity contribution is 6.06. The van der Waals surface area contributed by atoms with Crippen molar-refractivity contribution in [2.24, 2.45) is 34.1 Å². The normalized spacial score (nSPS) is 12.2. The summed E-state index contributed by atoms with van der Waals surface area (Å²) < 4.78 is 9.03. The molecule has 0 radical (unpaired) electrons. The summed E-state index contributed by atoms with van der Waals surface area (Å²) in [5.74, 6) is 4.10. The molecule has 1 aliphatic carbocycles. The number of nitrogens with zero attached hydrogens (tertiary/aromatic N) is 11. The highest BCUT2D eigenvalue weighted by atomic mass is 15.0. The van der Waals surface area contributed by atoms with E-state index in [1.807, 2.05) is 44.1 Å². The minimum absolute atomic E-state index is 0.326. The van der Waals surface area contributed by atoms with E-state index in [2.05, 4.69) is 376 Å². The van der Waals surface area contributed by atoms with E-state index in [1.54, 1.807) is 0 Å². The van der Waals surface area contributed by atoms with Crippen LogP contribution in [-0.4, -0.2) is 34.9 Å². The SMILES string of the molecule is Cc1cc(C)c(C)c(-c2c3ccccc3c(-c3ccc(C4CCCC4)nc3)c[n+]2C)c1.Cc1cc(C)c(C)c(-c2c3ccccc3c(-c3cnc(C(C)C)nc3)c[n+]2C)c1.Cc1cc(C)c(C)c(-c2c3ccccc3c(-c3cnc(C)nc3)c[n+]2C)c1.Cc1cc(C)c(C)c(-c2c3ccccc3c(-c3cnc(CC(C)C)nc3)c[n+]2C)c1. The molecule has 588 valence electrons. The molecule has 0 unspecified atom stereocenters. The van der Waals surface area contributed by atoms with Gasteiger partial charge in [-0.05, 0) is 208 Å². The van der Waals surface area contributed by atoms with E-state index in [0.717, 1.165) is 57.3 Å². The van der Waals surface area contributed by atoms with Gasteiger partial charge in [0.15, 0.2) is 24.8 Å². The molecule has 1 saturated carbocycles. The van der Waals surface area contributed by atoms with Crippen molar-refractivity contribution in [3.05, 3.63) is 316 Å². The lowest BCUT2D eigenvalue weighted by molar-refractivity contribution is -0.658. The van der Waals surface area contributed by atoms with Crippen LogP contribution in [0.25, 0.3) is 133 Å². The molecule has 0 saturated heterocycles. The lowest BCUT2D eigenvalue weighted by Crippen LogP contribution is -2.31. The largest absolute Gasteiger partial charge is 0.260 e. The molecule has 0 atom stereocenters. The van der Waals surface area contributed by atoms with Crippen LogP contribution in [0.2, 0.25) is 0 Å². The Hall–Kier alpha value is -12.2. The Morgan fingerprint density at radius 2 is 0.590 bits per heavy atom. The molecular formula is C106H113N11+4. The molecular weight excluding hydrogens is 1430 g/mol. The van der Waals surface area contributed by atoms with Crippen LogP contribution in [-0.2, 0) is 34.6 Å². The second-order valence-corrected chi connectivity index (χ2v) is 33.7. The summed E-state index contributed by atoms with van der Waals surface area (Å²) in [6.07, 6.45) is 28.8. The first-order chi connectivity index (χ1) is 56.2. The van der Waals surface area contributed by atoms with Crippen LogP contribution in [0.1, 0.15) is 155 Å². The fourth-order valence-corrected chi connectivity index (χ4v) is 17.5. The fraction of sp³-hybridized carbons (Fsp3) is 0.274. The summed E-state index contributed by atoms with van der Waals surface area (Å²) in [4.78, 5) is 32.1. The van der Waals surface area contributed by atoms with Crippen LogP contribution in [0.4, 0.5) is 0 Å². The summed E-state index contributed by atoms with van der Waals surface area (Å²) >= 11 is 0. The molecule has 0 N–H and O–H groups in total. The Morgan fingerprint density at radius 1 is 0.308 bits per heavy atom. The Bertz CT molecular complexity index is 6410. The van der Waals surface area contributed by atoms with Crippen LogP contribution in [0, 0.1) is 95.9 Å². The van der Waals surface area contributed by atoms with Gasteiger partial charge in [-0.1, -0.05) is 166 Å². The van der Waals surface area contributed by atoms with Crippen molar-refractivity contribution >= 4 is 43.1 Å². The summed E-state index contributed by atoms with van der Waals surface area (Å²) in [7, 11) is 8.56. The van der Waals surface area contributed by atoms with Crippen molar-refractivity contribution in [1.29, 1.82) is 0 Å². The van der Waals surface area contributed by atoms with Gasteiger partial charge in [-0.2, -0.15) is 18.3 Å². The number of fused-ring (bicyclic) bond motifs is 4. The number of pyridine rings is 5. The molecule has 1 fully saturated rings. The topological polar surface area (TPSA) is 106 Å². The third-order valence-electron chi connectivity index (χ3n) is 23.9. The van der Waals surface area contributed by atoms with Crippen LogP contribution < -0.4 is 18.3 Å². The smallest absolute Gasteiger partial charge is 0.220 e. The van der Waals surface area contributed by atoms with Gasteiger partial charge < -0.3 is 0 Å². The molecule has 0 aliphatic heterocycles. The average Bonchev–Trinajstić information content (AvgIpc) is 0.861. The minimum atomic E-state index is 0.326. The molecule has 11 nitrogen and oxygen atoms in total. The number of hydrogen-bond donors (Lipinski definition) is 0. The van der Waals surface area contributed by atoms with Gasteiger partial charge in [0.2, 0.25) is 22.8 Å². The van der Waals surface area contributed by atoms with Crippen LogP contribution >= 0.6 is 0 Å². The summed E-state index contributed by atoms with van der Waals surface area (Å²) in [5.41, 5.74) is 36.3. The molecule has 11 heteroatoms. The average molecular weight is 1540 g/mol. The number of aromatic nitrogens is 11. The predicted molar refractivity (Wildman–Crippen MR) is 484 cm³/mol. The third-order valence-corrected chi connectivity index (χ3v) is 23.9. The molecule has 16 aromatic rings. The highest BCUT2D eigenvalue weighted by Crippen LogP contribution is 2.42. The first-order valence-electron chi connectivity index (χ1n) is 41.6. The Labute approximate surface area is 693 Å². The molecule has 8 aromatic carbocycles. The van der Waals surface area contributed by atoms with E-state index in [4.69, 9.17) is 4.98 Å². The summed E-state index contributed by atoms with van der Waals surface area (Å²) in [6, 6.07) is 57.4. The lowest BCUT2D eigenvalue weighted by Gasteiger charge is -2.14. The Kier molecular flexibility index (Phi) is 24.1. The van der Waals surface area contributed by atoms with Crippen molar-refractivity contribution in [1.82, 2.24) is 34.9 Å². The lowest BCUT2D eigenvalue weighted by atomic mass is 9.92. The van der Waals surface area contributed by atoms with Crippen LogP contribution in [0.5, 0.6) is 0 Å². The maximum absolute atomic E-state index is 4.88. The van der Waals surface area contributed by atoms with E-state index < -0.39 is 0 Å². The van der Waals surface area contributed by atoms with Gasteiger partial charge >= 0.3 is 0 Å². The van der Waals surface area contributed by atoms with E-state index >= 15 is 0 Å². The minimum Gasteiger partial charge on any atom is -0.260 e. The maximum Gasteiger partial charge on any atom is 0.220 e. The van der Waals surface area contributed by atoms with Gasteiger partial charge in [0.1, 0.15) is 45.7 Å². The summed E-state index contributed by atoms with van der Waals surface area (Å²) in [6.45, 7) is 36.9. The molecule has 1 aliphatic rings. The Balaban J connectivity index is 0.000000129. The van der Waals surface area contributed by atoms with Crippen molar-refractivity contribution in [3.8, 4) is 89.5 Å². The van der Waals surface area contributed by atoms with E-state index in [9.17, 15) is 0 Å². The van der Waals surface area contributed by atoms with Gasteiger partial charge in [0, 0.05) is 111 Å². The molecule has 8 heterocycles. The predicted octanol–water partition coefficient (Wildman–Crippen LogP) is 23.7. The van der Waals surface area contributed by atoms with E-state index in [1.165, 1.54) is 197 Å². The van der Waals surface area contributed by atoms with Crippen molar-refractivity contribution in [3.63, 3.8) is 0 Å². The van der Waals surface area contributed by atoms with E-state index in [-0.39, 0.29) is 0 Å². The second kappa shape index (κ2) is 34.7. The van der Waals surface area contributed by atoms with Crippen molar-refractivity contribution in [2.45, 2.75) is 162 Å². The first-order valence-corrected chi connectivity index (χ1v) is 41.6. The standard InChI is InChI=1S/C29H31N2.C27H30N3.C26H28N3.C24H24N3/c1-19-15-20(2)21(3)26(16-19)29-25-12-8-7-11-24(25)27(18-31(29)4)23-13-14-28(30-17-23)22-9-5-6-10-22;1-17(2)11-26-28-14-21(15-29-26)25-16-30(6)27(23-10-8-7-9-22(23)25)24-13-18(3)12-19(4)20(24)5;1-16(2)26-27-13-20(14-28-26)24-15-29(6)25(22-10-8-7-9-21(22)24)23-12-17(3)11-18(4)19(23)5;1-15-10-16(2)17(3)22(11-15)24-21-9-7-6-8-20(21)23(14-27(24)5)19-12-25-18(4)26-13-19/h7-8,11-18,22H,5-6,9-10H2,1-4H3;7-10,12-17H,11H2,1-6H3;7-16H,1-6H3;6-14H,1-5H3/q4*+1. The maximum atomic E-state index is 4.88. The number of hydrogen-bond acceptors (Lipinski definition) is 7. The highest BCUT2D eigenvalue weighted by Gasteiger charge is 2.28. The molecule has 17 rings (SSSR count). The van der Waals surface area contributed by atoms with Crippen molar-refractivity contribution in [2.75, 3.05) is 0 Å². The molecule has 8 aromatic heterocycles. The number of aryl methyl sites for hydroxylation is 13. The molecule has 0 spiro atoms. The quantitative estimate of drug-likeness (QED) is 0.112. The molecule has 0 bridgehead atoms. The zero-order valence-electron chi connectivity index (χ0n) is 72.5.